The zero-order valence-corrected chi connectivity index (χ0v) is 14.5. The van der Waals surface area contributed by atoms with E-state index in [4.69, 9.17) is 10.5 Å². The van der Waals surface area contributed by atoms with E-state index in [0.29, 0.717) is 0 Å². The van der Waals surface area contributed by atoms with Gasteiger partial charge < -0.3 is 15.4 Å². The number of halogens is 1. The minimum Gasteiger partial charge on any atom is -0.377 e. The van der Waals surface area contributed by atoms with E-state index in [-0.39, 0.29) is 35.8 Å². The highest BCUT2D eigenvalue weighted by Gasteiger charge is 2.71. The Bertz CT molecular complexity index is 458. The van der Waals surface area contributed by atoms with Crippen LogP contribution < -0.4 is 5.73 Å². The highest BCUT2D eigenvalue weighted by Crippen LogP contribution is 2.58. The fourth-order valence-electron chi connectivity index (χ4n) is 5.67. The van der Waals surface area contributed by atoms with Crippen molar-refractivity contribution in [3.63, 3.8) is 0 Å². The Hall–Kier alpha value is -0.320. The van der Waals surface area contributed by atoms with Crippen LogP contribution in [-0.2, 0) is 9.53 Å². The van der Waals surface area contributed by atoms with Gasteiger partial charge in [0.2, 0.25) is 5.91 Å². The third kappa shape index (κ3) is 1.93. The molecule has 2 aliphatic heterocycles. The lowest BCUT2D eigenvalue weighted by Gasteiger charge is -2.65. The molecule has 2 heterocycles. The van der Waals surface area contributed by atoms with Gasteiger partial charge in [0, 0.05) is 31.0 Å². The molecule has 0 bridgehead atoms. The topological polar surface area (TPSA) is 55.6 Å². The Labute approximate surface area is 139 Å². The first-order valence-electron chi connectivity index (χ1n) is 8.66. The summed E-state index contributed by atoms with van der Waals surface area (Å²) < 4.78 is 5.92. The van der Waals surface area contributed by atoms with Crippen molar-refractivity contribution in [2.24, 2.45) is 28.9 Å². The van der Waals surface area contributed by atoms with E-state index in [1.165, 1.54) is 19.3 Å². The number of nitrogens with two attached hydrogens (primary N) is 1. The quantitative estimate of drug-likeness (QED) is 0.803. The van der Waals surface area contributed by atoms with Gasteiger partial charge in [-0.2, -0.15) is 0 Å². The van der Waals surface area contributed by atoms with Crippen molar-refractivity contribution in [1.29, 1.82) is 0 Å². The Morgan fingerprint density at radius 2 is 1.77 bits per heavy atom. The summed E-state index contributed by atoms with van der Waals surface area (Å²) in [7, 11) is 0. The summed E-state index contributed by atoms with van der Waals surface area (Å²) in [6.07, 6.45) is 6.18. The molecule has 0 radical (unpaired) electrons. The molecule has 4 fully saturated rings. The van der Waals surface area contributed by atoms with Gasteiger partial charge >= 0.3 is 0 Å². The van der Waals surface area contributed by atoms with E-state index >= 15 is 0 Å². The Kier molecular flexibility index (Phi) is 4.02. The molecule has 0 aromatic rings. The molecule has 0 aromatic carbocycles. The maximum absolute atomic E-state index is 13.2. The number of likely N-dealkylation sites (tertiary alicyclic amines) is 1. The summed E-state index contributed by atoms with van der Waals surface area (Å²) in [4.78, 5) is 15.3. The molecular formula is C17H29ClN2O2. The summed E-state index contributed by atoms with van der Waals surface area (Å²) >= 11 is 0. The maximum atomic E-state index is 13.2. The zero-order chi connectivity index (χ0) is 14.8. The molecule has 4 aliphatic rings. The minimum atomic E-state index is -0.712. The summed E-state index contributed by atoms with van der Waals surface area (Å²) in [5.41, 5.74) is 5.78. The van der Waals surface area contributed by atoms with Crippen molar-refractivity contribution < 1.29 is 9.53 Å². The van der Waals surface area contributed by atoms with Gasteiger partial charge in [0.25, 0.3) is 0 Å². The molecule has 126 valence electrons. The van der Waals surface area contributed by atoms with Gasteiger partial charge in [-0.05, 0) is 37.5 Å². The van der Waals surface area contributed by atoms with E-state index in [1.807, 2.05) is 0 Å². The molecule has 0 spiro atoms. The van der Waals surface area contributed by atoms with Gasteiger partial charge in [-0.15, -0.1) is 12.4 Å². The number of hydrogen-bond donors (Lipinski definition) is 1. The second-order valence-electron chi connectivity index (χ2n) is 8.29. The number of hydrogen-bond acceptors (Lipinski definition) is 3. The minimum absolute atomic E-state index is 0. The molecule has 1 amide bonds. The van der Waals surface area contributed by atoms with E-state index < -0.39 is 5.54 Å². The first-order chi connectivity index (χ1) is 9.96. The lowest BCUT2D eigenvalue weighted by atomic mass is 9.46. The molecule has 2 N–H and O–H groups in total. The molecule has 2 saturated carbocycles. The van der Waals surface area contributed by atoms with Crippen molar-refractivity contribution in [2.45, 2.75) is 57.6 Å². The molecule has 2 aliphatic carbocycles. The predicted molar refractivity (Wildman–Crippen MR) is 87.8 cm³/mol. The highest BCUT2D eigenvalue weighted by atomic mass is 35.5. The molecule has 5 heteroatoms. The second-order valence-corrected chi connectivity index (χ2v) is 8.29. The van der Waals surface area contributed by atoms with Crippen molar-refractivity contribution in [3.8, 4) is 0 Å². The molecular weight excluding hydrogens is 300 g/mol. The summed E-state index contributed by atoms with van der Waals surface area (Å²) in [6, 6.07) is 0. The van der Waals surface area contributed by atoms with Crippen LogP contribution in [0.1, 0.15) is 46.0 Å². The molecule has 0 aromatic heterocycles. The van der Waals surface area contributed by atoms with Crippen LogP contribution in [0.15, 0.2) is 0 Å². The van der Waals surface area contributed by atoms with Crippen molar-refractivity contribution in [2.75, 3.05) is 19.7 Å². The van der Waals surface area contributed by atoms with E-state index in [2.05, 4.69) is 18.7 Å². The van der Waals surface area contributed by atoms with Crippen LogP contribution in [0.25, 0.3) is 0 Å². The summed E-state index contributed by atoms with van der Waals surface area (Å²) in [5, 5.41) is 0. The molecule has 4 rings (SSSR count). The fraction of sp³-hybridized carbons (Fsp3) is 0.941. The number of nitrogens with zero attached hydrogens (tertiary/aromatic N) is 1. The van der Waals surface area contributed by atoms with Crippen LogP contribution in [0, 0.1) is 23.2 Å². The number of ether oxygens (including phenoxy) is 1. The van der Waals surface area contributed by atoms with Gasteiger partial charge in [-0.3, -0.25) is 4.79 Å². The van der Waals surface area contributed by atoms with E-state index in [1.54, 1.807) is 0 Å². The number of carbonyl (C=O) groups excluding carboxylic acids is 1. The number of fused-ring (bicyclic) bond motifs is 2. The molecule has 5 unspecified atom stereocenters. The average Bonchev–Trinajstić information content (AvgIpc) is 3.06. The monoisotopic (exact) mass is 328 g/mol. The Morgan fingerprint density at radius 3 is 2.41 bits per heavy atom. The van der Waals surface area contributed by atoms with Crippen LogP contribution in [0.4, 0.5) is 0 Å². The van der Waals surface area contributed by atoms with Crippen LogP contribution in [-0.4, -0.2) is 42.1 Å². The Balaban J connectivity index is 0.00000144. The Morgan fingerprint density at radius 1 is 1.14 bits per heavy atom. The zero-order valence-electron chi connectivity index (χ0n) is 13.7. The highest BCUT2D eigenvalue weighted by molar-refractivity contribution is 5.90. The first kappa shape index (κ1) is 16.5. The normalized spacial score (nSPS) is 45.5. The fourth-order valence-corrected chi connectivity index (χ4v) is 5.67. The standard InChI is InChI=1S/C17H28N2O2.ClH/c1-16(2)14-13(7-4-8-21-14)17(16,18)15(20)19-9-11-5-3-6-12(11)10-19;/h11-14H,3-10,18H2,1-2H3;1H. The van der Waals surface area contributed by atoms with Crippen LogP contribution in [0.2, 0.25) is 0 Å². The maximum Gasteiger partial charge on any atom is 0.243 e. The molecule has 5 atom stereocenters. The third-order valence-corrected chi connectivity index (χ3v) is 7.05. The van der Waals surface area contributed by atoms with Crippen LogP contribution in [0.3, 0.4) is 0 Å². The van der Waals surface area contributed by atoms with Crippen LogP contribution >= 0.6 is 12.4 Å². The van der Waals surface area contributed by atoms with Gasteiger partial charge in [0.1, 0.15) is 5.54 Å². The average molecular weight is 329 g/mol. The lowest BCUT2D eigenvalue weighted by Crippen LogP contribution is -2.82. The summed E-state index contributed by atoms with van der Waals surface area (Å²) in [5.74, 6) is 1.89. The lowest BCUT2D eigenvalue weighted by molar-refractivity contribution is -0.229. The van der Waals surface area contributed by atoms with Crippen LogP contribution in [0.5, 0.6) is 0 Å². The molecule has 2 saturated heterocycles. The van der Waals surface area contributed by atoms with Gasteiger partial charge in [-0.1, -0.05) is 20.3 Å². The van der Waals surface area contributed by atoms with Crippen molar-refractivity contribution in [1.82, 2.24) is 4.90 Å². The molecule has 4 nitrogen and oxygen atoms in total. The smallest absolute Gasteiger partial charge is 0.243 e. The van der Waals surface area contributed by atoms with E-state index in [9.17, 15) is 4.79 Å². The third-order valence-electron chi connectivity index (χ3n) is 7.05. The molecule has 22 heavy (non-hydrogen) atoms. The van der Waals surface area contributed by atoms with Gasteiger partial charge in [0.15, 0.2) is 0 Å². The second kappa shape index (κ2) is 5.35. The number of rotatable bonds is 1. The van der Waals surface area contributed by atoms with Gasteiger partial charge in [0.05, 0.1) is 6.10 Å². The first-order valence-corrected chi connectivity index (χ1v) is 8.66. The van der Waals surface area contributed by atoms with Crippen molar-refractivity contribution >= 4 is 18.3 Å². The van der Waals surface area contributed by atoms with Crippen molar-refractivity contribution in [3.05, 3.63) is 0 Å². The van der Waals surface area contributed by atoms with E-state index in [0.717, 1.165) is 44.4 Å². The summed E-state index contributed by atoms with van der Waals surface area (Å²) in [6.45, 7) is 6.94. The largest absolute Gasteiger partial charge is 0.377 e. The number of amides is 1. The predicted octanol–water partition coefficient (Wildman–Crippen LogP) is 2.20. The van der Waals surface area contributed by atoms with Gasteiger partial charge in [-0.25, -0.2) is 0 Å². The number of carbonyl (C=O) groups is 1. The SMILES string of the molecule is CC1(C)C2OCCCC2C1(N)C(=O)N1CC2CCCC2C1.Cl.